The van der Waals surface area contributed by atoms with E-state index >= 15 is 0 Å². The third-order valence-electron chi connectivity index (χ3n) is 2.94. The molecule has 0 aliphatic heterocycles. The van der Waals surface area contributed by atoms with Crippen LogP contribution < -0.4 is 5.32 Å². The van der Waals surface area contributed by atoms with E-state index in [9.17, 15) is 0 Å². The van der Waals surface area contributed by atoms with E-state index < -0.39 is 0 Å². The summed E-state index contributed by atoms with van der Waals surface area (Å²) in [6.45, 7) is 4.10. The number of ether oxygens (including phenoxy) is 1. The van der Waals surface area contributed by atoms with Gasteiger partial charge in [-0.15, -0.1) is 0 Å². The largest absolute Gasteiger partial charge is 0.385 e. The molecule has 1 rings (SSSR count). The van der Waals surface area contributed by atoms with Crippen LogP contribution in [0.5, 0.6) is 0 Å². The third kappa shape index (κ3) is 5.73. The average molecular weight is 235 g/mol. The van der Waals surface area contributed by atoms with Crippen LogP contribution in [0.2, 0.25) is 0 Å². The van der Waals surface area contributed by atoms with Crippen molar-refractivity contribution in [2.75, 3.05) is 25.6 Å². The Kier molecular flexibility index (Phi) is 7.48. The molecule has 0 bridgehead atoms. The molecule has 0 saturated carbocycles. The minimum atomic E-state index is 0.786. The van der Waals surface area contributed by atoms with E-state index in [0.29, 0.717) is 0 Å². The number of hydrogen-bond donors (Lipinski definition) is 1. The van der Waals surface area contributed by atoms with Crippen molar-refractivity contribution in [3.05, 3.63) is 29.8 Å². The van der Waals surface area contributed by atoms with Gasteiger partial charge in [-0.3, -0.25) is 0 Å². The van der Waals surface area contributed by atoms with E-state index in [1.54, 1.807) is 7.11 Å². The van der Waals surface area contributed by atoms with Gasteiger partial charge in [-0.05, 0) is 24.5 Å². The Balaban J connectivity index is 2.35. The number of para-hydroxylation sites is 1. The van der Waals surface area contributed by atoms with Crippen molar-refractivity contribution < 1.29 is 4.74 Å². The van der Waals surface area contributed by atoms with Crippen molar-refractivity contribution in [1.29, 1.82) is 0 Å². The molecule has 0 amide bonds. The second-order valence-corrected chi connectivity index (χ2v) is 4.39. The Morgan fingerprint density at radius 2 is 1.94 bits per heavy atom. The summed E-state index contributed by atoms with van der Waals surface area (Å²) < 4.78 is 5.13. The highest BCUT2D eigenvalue weighted by molar-refractivity contribution is 5.51. The quantitative estimate of drug-likeness (QED) is 0.656. The summed E-state index contributed by atoms with van der Waals surface area (Å²) in [6, 6.07) is 8.51. The van der Waals surface area contributed by atoms with Crippen LogP contribution in [-0.4, -0.2) is 20.3 Å². The Morgan fingerprint density at radius 3 is 2.71 bits per heavy atom. The standard InChI is InChI=1S/C15H25NO/c1-3-4-5-8-12-16-15-10-7-6-9-14(15)11-13-17-2/h6-7,9-10,16H,3-5,8,11-13H2,1-2H3. The molecule has 17 heavy (non-hydrogen) atoms. The summed E-state index contributed by atoms with van der Waals surface area (Å²) in [7, 11) is 1.75. The van der Waals surface area contributed by atoms with Crippen LogP contribution in [0.1, 0.15) is 38.2 Å². The molecule has 1 aromatic rings. The van der Waals surface area contributed by atoms with Crippen molar-refractivity contribution in [1.82, 2.24) is 0 Å². The highest BCUT2D eigenvalue weighted by Gasteiger charge is 2.00. The van der Waals surface area contributed by atoms with Crippen LogP contribution >= 0.6 is 0 Å². The third-order valence-corrected chi connectivity index (χ3v) is 2.94. The van der Waals surface area contributed by atoms with Gasteiger partial charge in [-0.2, -0.15) is 0 Å². The highest BCUT2D eigenvalue weighted by atomic mass is 16.5. The van der Waals surface area contributed by atoms with Crippen molar-refractivity contribution in [2.45, 2.75) is 39.0 Å². The second kappa shape index (κ2) is 9.06. The lowest BCUT2D eigenvalue weighted by Crippen LogP contribution is -2.05. The van der Waals surface area contributed by atoms with E-state index in [2.05, 4.69) is 36.5 Å². The first-order chi connectivity index (χ1) is 8.38. The van der Waals surface area contributed by atoms with Crippen LogP contribution in [0.4, 0.5) is 5.69 Å². The second-order valence-electron chi connectivity index (χ2n) is 4.39. The first-order valence-corrected chi connectivity index (χ1v) is 6.69. The molecule has 2 nitrogen and oxygen atoms in total. The number of nitrogens with one attached hydrogen (secondary N) is 1. The van der Waals surface area contributed by atoms with Crippen LogP contribution in [0.3, 0.4) is 0 Å². The topological polar surface area (TPSA) is 21.3 Å². The van der Waals surface area contributed by atoms with Gasteiger partial charge in [0.05, 0.1) is 6.61 Å². The van der Waals surface area contributed by atoms with Crippen LogP contribution in [0.25, 0.3) is 0 Å². The average Bonchev–Trinajstić information content (AvgIpc) is 2.37. The molecule has 0 aromatic heterocycles. The number of unbranched alkanes of at least 4 members (excludes halogenated alkanes) is 3. The zero-order valence-electron chi connectivity index (χ0n) is 11.2. The maximum absolute atomic E-state index is 5.13. The van der Waals surface area contributed by atoms with E-state index in [1.165, 1.54) is 36.9 Å². The summed E-state index contributed by atoms with van der Waals surface area (Å²) >= 11 is 0. The van der Waals surface area contributed by atoms with E-state index in [1.807, 2.05) is 0 Å². The molecule has 0 aliphatic carbocycles. The van der Waals surface area contributed by atoms with Gasteiger partial charge in [0, 0.05) is 19.3 Å². The fraction of sp³-hybridized carbons (Fsp3) is 0.600. The normalized spacial score (nSPS) is 10.5. The van der Waals surface area contributed by atoms with Gasteiger partial charge in [0.1, 0.15) is 0 Å². The van der Waals surface area contributed by atoms with E-state index in [0.717, 1.165) is 19.6 Å². The lowest BCUT2D eigenvalue weighted by Gasteiger charge is -2.11. The van der Waals surface area contributed by atoms with Crippen molar-refractivity contribution in [3.63, 3.8) is 0 Å². The van der Waals surface area contributed by atoms with E-state index in [-0.39, 0.29) is 0 Å². The smallest absolute Gasteiger partial charge is 0.0503 e. The molecule has 0 unspecified atom stereocenters. The summed E-state index contributed by atoms with van der Waals surface area (Å²) in [5, 5.41) is 3.53. The molecule has 0 spiro atoms. The Bertz CT molecular complexity index is 299. The van der Waals surface area contributed by atoms with Crippen molar-refractivity contribution in [3.8, 4) is 0 Å². The molecule has 0 heterocycles. The summed E-state index contributed by atoms with van der Waals surface area (Å²) in [5.41, 5.74) is 2.62. The summed E-state index contributed by atoms with van der Waals surface area (Å²) in [5.74, 6) is 0. The van der Waals surface area contributed by atoms with Gasteiger partial charge < -0.3 is 10.1 Å². The Hall–Kier alpha value is -1.02. The van der Waals surface area contributed by atoms with Gasteiger partial charge in [-0.25, -0.2) is 0 Å². The number of hydrogen-bond acceptors (Lipinski definition) is 2. The van der Waals surface area contributed by atoms with Gasteiger partial charge in [0.25, 0.3) is 0 Å². The number of benzene rings is 1. The number of anilines is 1. The molecular formula is C15H25NO. The number of methoxy groups -OCH3 is 1. The Labute approximate surface area is 105 Å². The minimum Gasteiger partial charge on any atom is -0.385 e. The molecule has 0 radical (unpaired) electrons. The van der Waals surface area contributed by atoms with Crippen LogP contribution in [0, 0.1) is 0 Å². The first-order valence-electron chi connectivity index (χ1n) is 6.69. The van der Waals surface area contributed by atoms with Crippen LogP contribution in [0.15, 0.2) is 24.3 Å². The van der Waals surface area contributed by atoms with E-state index in [4.69, 9.17) is 4.74 Å². The zero-order chi connectivity index (χ0) is 12.3. The van der Waals surface area contributed by atoms with Crippen LogP contribution in [-0.2, 0) is 11.2 Å². The van der Waals surface area contributed by atoms with Crippen molar-refractivity contribution >= 4 is 5.69 Å². The van der Waals surface area contributed by atoms with Gasteiger partial charge in [0.15, 0.2) is 0 Å². The summed E-state index contributed by atoms with van der Waals surface area (Å²) in [4.78, 5) is 0. The zero-order valence-corrected chi connectivity index (χ0v) is 11.2. The Morgan fingerprint density at radius 1 is 1.12 bits per heavy atom. The molecule has 0 fully saturated rings. The maximum Gasteiger partial charge on any atom is 0.0503 e. The van der Waals surface area contributed by atoms with Gasteiger partial charge in [0.2, 0.25) is 0 Å². The van der Waals surface area contributed by atoms with Crippen molar-refractivity contribution in [2.24, 2.45) is 0 Å². The lowest BCUT2D eigenvalue weighted by molar-refractivity contribution is 0.202. The number of rotatable bonds is 9. The highest BCUT2D eigenvalue weighted by Crippen LogP contribution is 2.15. The molecule has 0 saturated heterocycles. The molecular weight excluding hydrogens is 210 g/mol. The fourth-order valence-corrected chi connectivity index (χ4v) is 1.90. The summed E-state index contributed by atoms with van der Waals surface area (Å²) in [6.07, 6.45) is 6.20. The van der Waals surface area contributed by atoms with Gasteiger partial charge >= 0.3 is 0 Å². The molecule has 96 valence electrons. The molecule has 0 aliphatic rings. The molecule has 1 aromatic carbocycles. The first kappa shape index (κ1) is 14.0. The molecule has 1 N–H and O–H groups in total. The molecule has 2 heteroatoms. The molecule has 0 atom stereocenters. The maximum atomic E-state index is 5.13. The monoisotopic (exact) mass is 235 g/mol. The predicted molar refractivity (Wildman–Crippen MR) is 74.7 cm³/mol. The lowest BCUT2D eigenvalue weighted by atomic mass is 10.1. The minimum absolute atomic E-state index is 0.786. The predicted octanol–water partition coefficient (Wildman–Crippen LogP) is 3.87. The SMILES string of the molecule is CCCCCCNc1ccccc1CCOC. The van der Waals surface area contributed by atoms with Gasteiger partial charge in [-0.1, -0.05) is 44.4 Å². The fourth-order valence-electron chi connectivity index (χ4n) is 1.90.